The molecule has 128 valence electrons. The zero-order valence-electron chi connectivity index (χ0n) is 14.1. The fourth-order valence-electron chi connectivity index (χ4n) is 3.13. The molecule has 1 aliphatic carbocycles. The van der Waals surface area contributed by atoms with Crippen molar-refractivity contribution in [1.82, 2.24) is 10.2 Å². The number of amides is 1. The van der Waals surface area contributed by atoms with Crippen molar-refractivity contribution in [3.8, 4) is 5.75 Å². The number of hydrogen-bond acceptors (Lipinski definition) is 3. The van der Waals surface area contributed by atoms with Gasteiger partial charge in [0.2, 0.25) is 5.91 Å². The molecule has 1 saturated carbocycles. The second kappa shape index (κ2) is 8.87. The predicted molar refractivity (Wildman–Crippen MR) is 88.9 cm³/mol. The quantitative estimate of drug-likeness (QED) is 0.839. The Hall–Kier alpha value is -1.62. The van der Waals surface area contributed by atoms with Gasteiger partial charge in [0.15, 0.2) is 11.6 Å². The zero-order chi connectivity index (χ0) is 16.7. The van der Waals surface area contributed by atoms with Crippen LogP contribution in [0.15, 0.2) is 18.2 Å². The standard InChI is InChI=1S/C18H27FN2O2/c1-21(12-15-8-9-17(23-2)16(19)10-15)13-18(22)20-11-14-6-4-3-5-7-14/h8-10,14H,3-7,11-13H2,1-2H3,(H,20,22). The maximum absolute atomic E-state index is 13.7. The first kappa shape index (κ1) is 17.7. The van der Waals surface area contributed by atoms with Crippen LogP contribution in [0.5, 0.6) is 5.75 Å². The van der Waals surface area contributed by atoms with Crippen LogP contribution in [0.25, 0.3) is 0 Å². The van der Waals surface area contributed by atoms with Crippen LogP contribution < -0.4 is 10.1 Å². The summed E-state index contributed by atoms with van der Waals surface area (Å²) in [7, 11) is 3.31. The molecule has 0 unspecified atom stereocenters. The Balaban J connectivity index is 1.73. The number of likely N-dealkylation sites (N-methyl/N-ethyl adjacent to an activating group) is 1. The molecule has 0 radical (unpaired) electrons. The molecular weight excluding hydrogens is 295 g/mol. The molecule has 5 heteroatoms. The maximum atomic E-state index is 13.7. The smallest absolute Gasteiger partial charge is 0.234 e. The van der Waals surface area contributed by atoms with Gasteiger partial charge in [-0.2, -0.15) is 0 Å². The van der Waals surface area contributed by atoms with E-state index in [-0.39, 0.29) is 17.5 Å². The first-order valence-electron chi connectivity index (χ1n) is 8.36. The maximum Gasteiger partial charge on any atom is 0.234 e. The van der Waals surface area contributed by atoms with Gasteiger partial charge in [0, 0.05) is 13.1 Å². The lowest BCUT2D eigenvalue weighted by atomic mass is 9.89. The lowest BCUT2D eigenvalue weighted by Crippen LogP contribution is -2.37. The number of halogens is 1. The molecule has 1 aromatic rings. The van der Waals surface area contributed by atoms with E-state index in [1.165, 1.54) is 45.3 Å². The average molecular weight is 322 g/mol. The molecule has 0 heterocycles. The lowest BCUT2D eigenvalue weighted by molar-refractivity contribution is -0.122. The summed E-state index contributed by atoms with van der Waals surface area (Å²) in [5.41, 5.74) is 0.825. The van der Waals surface area contributed by atoms with Crippen molar-refractivity contribution in [2.24, 2.45) is 5.92 Å². The highest BCUT2D eigenvalue weighted by Gasteiger charge is 2.15. The molecule has 0 saturated heterocycles. The van der Waals surface area contributed by atoms with Gasteiger partial charge < -0.3 is 10.1 Å². The SMILES string of the molecule is COc1ccc(CN(C)CC(=O)NCC2CCCCC2)cc1F. The number of nitrogens with zero attached hydrogens (tertiary/aromatic N) is 1. The normalized spacial score (nSPS) is 15.7. The molecule has 2 rings (SSSR count). The number of carbonyl (C=O) groups excluding carboxylic acids is 1. The van der Waals surface area contributed by atoms with E-state index >= 15 is 0 Å². The summed E-state index contributed by atoms with van der Waals surface area (Å²) in [6.45, 7) is 1.63. The van der Waals surface area contributed by atoms with Crippen molar-refractivity contribution >= 4 is 5.91 Å². The van der Waals surface area contributed by atoms with Gasteiger partial charge in [-0.25, -0.2) is 4.39 Å². The van der Waals surface area contributed by atoms with Crippen molar-refractivity contribution in [2.75, 3.05) is 27.2 Å². The summed E-state index contributed by atoms with van der Waals surface area (Å²) < 4.78 is 18.6. The monoisotopic (exact) mass is 322 g/mol. The summed E-state index contributed by atoms with van der Waals surface area (Å²) in [4.78, 5) is 13.9. The van der Waals surface area contributed by atoms with Gasteiger partial charge in [0.05, 0.1) is 13.7 Å². The van der Waals surface area contributed by atoms with Gasteiger partial charge in [-0.1, -0.05) is 25.3 Å². The molecular formula is C18H27FN2O2. The van der Waals surface area contributed by atoms with Gasteiger partial charge in [0.1, 0.15) is 0 Å². The summed E-state index contributed by atoms with van der Waals surface area (Å²) in [6.07, 6.45) is 6.33. The molecule has 0 atom stereocenters. The van der Waals surface area contributed by atoms with Gasteiger partial charge in [-0.3, -0.25) is 9.69 Å². The van der Waals surface area contributed by atoms with Crippen LogP contribution in [0, 0.1) is 11.7 Å². The molecule has 1 aliphatic rings. The largest absolute Gasteiger partial charge is 0.494 e. The van der Waals surface area contributed by atoms with Gasteiger partial charge >= 0.3 is 0 Å². The molecule has 1 N–H and O–H groups in total. The second-order valence-electron chi connectivity index (χ2n) is 6.45. The van der Waals surface area contributed by atoms with Crippen LogP contribution in [0.2, 0.25) is 0 Å². The van der Waals surface area contributed by atoms with Gasteiger partial charge in [0.25, 0.3) is 0 Å². The van der Waals surface area contributed by atoms with E-state index in [2.05, 4.69) is 5.32 Å². The molecule has 1 fully saturated rings. The number of methoxy groups -OCH3 is 1. The molecule has 4 nitrogen and oxygen atoms in total. The number of rotatable bonds is 7. The van der Waals surface area contributed by atoms with Crippen LogP contribution in [0.1, 0.15) is 37.7 Å². The highest BCUT2D eigenvalue weighted by atomic mass is 19.1. The van der Waals surface area contributed by atoms with E-state index in [9.17, 15) is 9.18 Å². The van der Waals surface area contributed by atoms with Crippen molar-refractivity contribution < 1.29 is 13.9 Å². The first-order valence-corrected chi connectivity index (χ1v) is 8.36. The van der Waals surface area contributed by atoms with Crippen LogP contribution in [-0.2, 0) is 11.3 Å². The molecule has 0 spiro atoms. The van der Waals surface area contributed by atoms with Crippen LogP contribution in [0.4, 0.5) is 4.39 Å². The van der Waals surface area contributed by atoms with E-state index < -0.39 is 0 Å². The van der Waals surface area contributed by atoms with E-state index in [1.54, 1.807) is 6.07 Å². The fraction of sp³-hybridized carbons (Fsp3) is 0.611. The third-order valence-corrected chi connectivity index (χ3v) is 4.39. The Morgan fingerprint density at radius 1 is 1.35 bits per heavy atom. The number of ether oxygens (including phenoxy) is 1. The van der Waals surface area contributed by atoms with E-state index in [4.69, 9.17) is 4.74 Å². The number of nitrogens with one attached hydrogen (secondary N) is 1. The third-order valence-electron chi connectivity index (χ3n) is 4.39. The van der Waals surface area contributed by atoms with Crippen molar-refractivity contribution in [1.29, 1.82) is 0 Å². The molecule has 23 heavy (non-hydrogen) atoms. The Morgan fingerprint density at radius 2 is 2.09 bits per heavy atom. The Morgan fingerprint density at radius 3 is 2.74 bits per heavy atom. The van der Waals surface area contributed by atoms with Crippen LogP contribution in [0.3, 0.4) is 0 Å². The van der Waals surface area contributed by atoms with Gasteiger partial charge in [-0.15, -0.1) is 0 Å². The number of carbonyl (C=O) groups is 1. The van der Waals surface area contributed by atoms with E-state index in [1.807, 2.05) is 18.0 Å². The second-order valence-corrected chi connectivity index (χ2v) is 6.45. The fourth-order valence-corrected chi connectivity index (χ4v) is 3.13. The molecule has 0 aromatic heterocycles. The van der Waals surface area contributed by atoms with E-state index in [0.29, 0.717) is 19.0 Å². The Labute approximate surface area is 138 Å². The molecule has 1 aromatic carbocycles. The molecule has 0 aliphatic heterocycles. The number of benzene rings is 1. The summed E-state index contributed by atoms with van der Waals surface area (Å²) in [5.74, 6) is 0.530. The van der Waals surface area contributed by atoms with E-state index in [0.717, 1.165) is 12.1 Å². The number of hydrogen-bond donors (Lipinski definition) is 1. The Bertz CT molecular complexity index is 516. The minimum atomic E-state index is -0.375. The third kappa shape index (κ3) is 5.82. The topological polar surface area (TPSA) is 41.6 Å². The van der Waals surface area contributed by atoms with Crippen molar-refractivity contribution in [2.45, 2.75) is 38.6 Å². The van der Waals surface area contributed by atoms with Crippen molar-refractivity contribution in [3.05, 3.63) is 29.6 Å². The zero-order valence-corrected chi connectivity index (χ0v) is 14.1. The highest BCUT2D eigenvalue weighted by Crippen LogP contribution is 2.22. The predicted octanol–water partition coefficient (Wildman–Crippen LogP) is 2.96. The molecule has 0 bridgehead atoms. The lowest BCUT2D eigenvalue weighted by Gasteiger charge is -2.22. The Kier molecular flexibility index (Phi) is 6.84. The van der Waals surface area contributed by atoms with Crippen LogP contribution >= 0.6 is 0 Å². The highest BCUT2D eigenvalue weighted by molar-refractivity contribution is 5.77. The molecule has 1 amide bonds. The minimum absolute atomic E-state index is 0.0343. The van der Waals surface area contributed by atoms with Crippen LogP contribution in [-0.4, -0.2) is 38.1 Å². The first-order chi connectivity index (χ1) is 11.1. The summed E-state index contributed by atoms with van der Waals surface area (Å²) in [5, 5.41) is 3.02. The average Bonchev–Trinajstić information content (AvgIpc) is 2.54. The van der Waals surface area contributed by atoms with Gasteiger partial charge in [-0.05, 0) is 43.5 Å². The van der Waals surface area contributed by atoms with Crippen molar-refractivity contribution in [3.63, 3.8) is 0 Å². The minimum Gasteiger partial charge on any atom is -0.494 e. The summed E-state index contributed by atoms with van der Waals surface area (Å²) in [6, 6.07) is 4.88. The summed E-state index contributed by atoms with van der Waals surface area (Å²) >= 11 is 0.